The summed E-state index contributed by atoms with van der Waals surface area (Å²) in [5, 5.41) is 0. The third-order valence-electron chi connectivity index (χ3n) is 3.33. The van der Waals surface area contributed by atoms with Crippen molar-refractivity contribution in [2.75, 3.05) is 0 Å². The lowest BCUT2D eigenvalue weighted by Gasteiger charge is -2.00. The fourth-order valence-corrected chi connectivity index (χ4v) is 2.28. The molecule has 0 aromatic heterocycles. The van der Waals surface area contributed by atoms with E-state index in [-0.39, 0.29) is 5.91 Å². The summed E-state index contributed by atoms with van der Waals surface area (Å²) < 4.78 is 0. The SMILES string of the molecule is CC/C=C\C/C=C\C/C=C\CCCCCCCC(=O)N[SiH3]. The second kappa shape index (κ2) is 17.0. The first-order valence-corrected chi connectivity index (χ1v) is 9.46. The molecule has 0 aliphatic heterocycles. The van der Waals surface area contributed by atoms with Gasteiger partial charge in [0.1, 0.15) is 10.4 Å². The Labute approximate surface area is 134 Å². The van der Waals surface area contributed by atoms with Crippen LogP contribution in [-0.4, -0.2) is 16.3 Å². The Morgan fingerprint density at radius 1 is 0.857 bits per heavy atom. The molecule has 1 amide bonds. The lowest BCUT2D eigenvalue weighted by Crippen LogP contribution is -2.18. The van der Waals surface area contributed by atoms with Gasteiger partial charge in [-0.05, 0) is 38.5 Å². The van der Waals surface area contributed by atoms with Gasteiger partial charge >= 0.3 is 0 Å². The van der Waals surface area contributed by atoms with Crippen LogP contribution in [0.1, 0.15) is 71.1 Å². The molecule has 0 bridgehead atoms. The minimum atomic E-state index is 0.225. The first-order chi connectivity index (χ1) is 10.3. The molecule has 0 aliphatic rings. The molecular weight excluding hydrogens is 274 g/mol. The van der Waals surface area contributed by atoms with Gasteiger partial charge < -0.3 is 4.98 Å². The van der Waals surface area contributed by atoms with Crippen molar-refractivity contribution in [2.24, 2.45) is 0 Å². The molecule has 0 aliphatic carbocycles. The summed E-state index contributed by atoms with van der Waals surface area (Å²) in [5.41, 5.74) is 0. The van der Waals surface area contributed by atoms with Crippen LogP contribution in [0.4, 0.5) is 0 Å². The van der Waals surface area contributed by atoms with Crippen molar-refractivity contribution < 1.29 is 4.79 Å². The molecule has 0 aromatic rings. The third kappa shape index (κ3) is 16.9. The molecule has 120 valence electrons. The molecule has 0 saturated heterocycles. The number of rotatable bonds is 13. The average molecular weight is 308 g/mol. The molecule has 2 nitrogen and oxygen atoms in total. The number of nitrogens with one attached hydrogen (secondary N) is 1. The lowest BCUT2D eigenvalue weighted by atomic mass is 10.1. The van der Waals surface area contributed by atoms with E-state index in [1.165, 1.54) is 32.1 Å². The maximum absolute atomic E-state index is 11.1. The summed E-state index contributed by atoms with van der Waals surface area (Å²) in [6.45, 7) is 2.16. The Bertz CT molecular complexity index is 321. The Balaban J connectivity index is 3.25. The van der Waals surface area contributed by atoms with Crippen LogP contribution < -0.4 is 4.98 Å². The van der Waals surface area contributed by atoms with Crippen LogP contribution in [0.15, 0.2) is 36.5 Å². The van der Waals surface area contributed by atoms with Crippen molar-refractivity contribution >= 4 is 16.3 Å². The highest BCUT2D eigenvalue weighted by atomic mass is 28.2. The molecule has 0 radical (unpaired) electrons. The van der Waals surface area contributed by atoms with Gasteiger partial charge in [0.05, 0.1) is 0 Å². The van der Waals surface area contributed by atoms with Gasteiger partial charge in [0.2, 0.25) is 5.91 Å². The Morgan fingerprint density at radius 2 is 1.43 bits per heavy atom. The van der Waals surface area contributed by atoms with E-state index >= 15 is 0 Å². The van der Waals surface area contributed by atoms with Gasteiger partial charge in [-0.3, -0.25) is 4.79 Å². The van der Waals surface area contributed by atoms with E-state index in [0.717, 1.165) is 36.1 Å². The zero-order valence-electron chi connectivity index (χ0n) is 13.9. The highest BCUT2D eigenvalue weighted by molar-refractivity contribution is 6.14. The average Bonchev–Trinajstić information content (AvgIpc) is 2.50. The number of allylic oxidation sites excluding steroid dienone is 6. The van der Waals surface area contributed by atoms with Gasteiger partial charge in [-0.2, -0.15) is 0 Å². The van der Waals surface area contributed by atoms with E-state index in [9.17, 15) is 4.79 Å². The predicted octanol–water partition coefficient (Wildman–Crippen LogP) is 3.97. The number of carbonyl (C=O) groups is 1. The highest BCUT2D eigenvalue weighted by Gasteiger charge is 1.96. The smallest absolute Gasteiger partial charge is 0.211 e. The fourth-order valence-electron chi connectivity index (χ4n) is 2.03. The number of unbranched alkanes of at least 4 members (excludes halogenated alkanes) is 5. The molecule has 0 spiro atoms. The van der Waals surface area contributed by atoms with Gasteiger partial charge in [-0.15, -0.1) is 0 Å². The highest BCUT2D eigenvalue weighted by Crippen LogP contribution is 2.07. The Kier molecular flexibility index (Phi) is 16.1. The second-order valence-corrected chi connectivity index (χ2v) is 5.77. The molecule has 0 aromatic carbocycles. The summed E-state index contributed by atoms with van der Waals surface area (Å²) in [5.74, 6) is 0.225. The van der Waals surface area contributed by atoms with E-state index in [2.05, 4.69) is 48.4 Å². The first-order valence-electron chi connectivity index (χ1n) is 8.46. The van der Waals surface area contributed by atoms with Gasteiger partial charge in [0.15, 0.2) is 0 Å². The van der Waals surface area contributed by atoms with Gasteiger partial charge in [0.25, 0.3) is 0 Å². The molecule has 21 heavy (non-hydrogen) atoms. The normalized spacial score (nSPS) is 12.0. The fraction of sp³-hybridized carbons (Fsp3) is 0.611. The minimum absolute atomic E-state index is 0.225. The molecule has 0 fully saturated rings. The standard InChI is InChI=1S/C18H33NOSi/c1-2-3-4-5-6-7-8-9-10-11-12-13-14-15-16-17-18(20)19-21/h3-4,6-7,9-10H,2,5,8,11-17H2,1,21H3,(H,19,20)/b4-3-,7-6-,10-9-. The molecule has 1 N–H and O–H groups in total. The minimum Gasteiger partial charge on any atom is -0.391 e. The summed E-state index contributed by atoms with van der Waals surface area (Å²) >= 11 is 0. The summed E-state index contributed by atoms with van der Waals surface area (Å²) in [6, 6.07) is 0. The predicted molar refractivity (Wildman–Crippen MR) is 97.3 cm³/mol. The monoisotopic (exact) mass is 307 g/mol. The van der Waals surface area contributed by atoms with Crippen LogP contribution in [0.25, 0.3) is 0 Å². The first kappa shape index (κ1) is 19.9. The van der Waals surface area contributed by atoms with Crippen molar-refractivity contribution in [3.05, 3.63) is 36.5 Å². The second-order valence-electron chi connectivity index (χ2n) is 5.27. The van der Waals surface area contributed by atoms with Crippen molar-refractivity contribution in [3.63, 3.8) is 0 Å². The molecular formula is C18H33NOSi. The van der Waals surface area contributed by atoms with E-state index in [0.29, 0.717) is 6.42 Å². The molecule has 0 saturated carbocycles. The zero-order chi connectivity index (χ0) is 15.6. The van der Waals surface area contributed by atoms with Gasteiger partial charge in [-0.1, -0.05) is 62.6 Å². The van der Waals surface area contributed by atoms with Crippen LogP contribution in [-0.2, 0) is 4.79 Å². The lowest BCUT2D eigenvalue weighted by molar-refractivity contribution is -0.119. The maximum Gasteiger partial charge on any atom is 0.211 e. The van der Waals surface area contributed by atoms with Crippen LogP contribution in [0, 0.1) is 0 Å². The zero-order valence-corrected chi connectivity index (χ0v) is 15.9. The van der Waals surface area contributed by atoms with Crippen LogP contribution in [0.2, 0.25) is 0 Å². The van der Waals surface area contributed by atoms with Crippen molar-refractivity contribution in [1.82, 2.24) is 4.98 Å². The van der Waals surface area contributed by atoms with Crippen LogP contribution in [0.5, 0.6) is 0 Å². The van der Waals surface area contributed by atoms with Gasteiger partial charge in [-0.25, -0.2) is 0 Å². The van der Waals surface area contributed by atoms with Crippen LogP contribution in [0.3, 0.4) is 0 Å². The number of amides is 1. The molecule has 0 rings (SSSR count). The molecule has 3 heteroatoms. The third-order valence-corrected chi connectivity index (χ3v) is 3.89. The number of carbonyl (C=O) groups excluding carboxylic acids is 1. The van der Waals surface area contributed by atoms with E-state index in [1.807, 2.05) is 0 Å². The quantitative estimate of drug-likeness (QED) is 0.311. The Hall–Kier alpha value is -1.09. The van der Waals surface area contributed by atoms with Crippen LogP contribution >= 0.6 is 0 Å². The van der Waals surface area contributed by atoms with E-state index < -0.39 is 0 Å². The molecule has 0 atom stereocenters. The topological polar surface area (TPSA) is 29.1 Å². The van der Waals surface area contributed by atoms with Crippen molar-refractivity contribution in [3.8, 4) is 0 Å². The summed E-state index contributed by atoms with van der Waals surface area (Å²) in [4.78, 5) is 13.8. The van der Waals surface area contributed by atoms with Crippen molar-refractivity contribution in [2.45, 2.75) is 71.1 Å². The number of hydrogen-bond acceptors (Lipinski definition) is 1. The van der Waals surface area contributed by atoms with E-state index in [4.69, 9.17) is 0 Å². The van der Waals surface area contributed by atoms with Gasteiger partial charge in [0, 0.05) is 6.42 Å². The molecule has 0 unspecified atom stereocenters. The van der Waals surface area contributed by atoms with Crippen molar-refractivity contribution in [1.29, 1.82) is 0 Å². The maximum atomic E-state index is 11.1. The molecule has 0 heterocycles. The summed E-state index contributed by atoms with van der Waals surface area (Å²) in [6.07, 6.45) is 24.6. The Morgan fingerprint density at radius 3 is 2.10 bits per heavy atom. The summed E-state index contributed by atoms with van der Waals surface area (Å²) in [7, 11) is 0.779. The number of hydrogen-bond donors (Lipinski definition) is 1. The van der Waals surface area contributed by atoms with E-state index in [1.54, 1.807) is 0 Å². The largest absolute Gasteiger partial charge is 0.391 e.